The molecule has 132 valence electrons. The van der Waals surface area contributed by atoms with E-state index in [0.29, 0.717) is 16.4 Å². The number of hydrogen-bond donors (Lipinski definition) is 3. The van der Waals surface area contributed by atoms with Crippen molar-refractivity contribution in [3.63, 3.8) is 0 Å². The highest BCUT2D eigenvalue weighted by Crippen LogP contribution is 2.21. The normalized spacial score (nSPS) is 10.2. The smallest absolute Gasteiger partial charge is 0.319 e. The van der Waals surface area contributed by atoms with Crippen molar-refractivity contribution in [2.24, 2.45) is 0 Å². The second-order valence-corrected chi connectivity index (χ2v) is 7.03. The summed E-state index contributed by atoms with van der Waals surface area (Å²) in [6.45, 7) is 0.173. The summed E-state index contributed by atoms with van der Waals surface area (Å²) in [5.74, 6) is -0.336. The van der Waals surface area contributed by atoms with E-state index in [1.807, 2.05) is 36.4 Å². The molecule has 0 spiro atoms. The molecule has 2 aromatic carbocycles. The quantitative estimate of drug-likeness (QED) is 0.570. The van der Waals surface area contributed by atoms with Gasteiger partial charge in [-0.2, -0.15) is 0 Å². The fraction of sp³-hybridized carbons (Fsp3) is 0.0588. The zero-order valence-electron chi connectivity index (χ0n) is 13.4. The standard InChI is InChI=1S/C17H14BrN5O2S/c18-12-8-4-5-9-13(12)21-17(25)19-10-14-22-23-16(26-14)15(24)20-11-6-2-1-3-7-11/h1-9H,10H2,(H,20,24)(H2,19,21,25). The van der Waals surface area contributed by atoms with Gasteiger partial charge in [-0.15, -0.1) is 10.2 Å². The first-order valence-electron chi connectivity index (χ1n) is 7.60. The molecule has 3 aromatic rings. The Bertz CT molecular complexity index is 916. The van der Waals surface area contributed by atoms with Crippen LogP contribution in [0.15, 0.2) is 59.1 Å². The Kier molecular flexibility index (Phi) is 5.92. The van der Waals surface area contributed by atoms with Crippen LogP contribution >= 0.6 is 27.3 Å². The Morgan fingerprint density at radius 3 is 2.46 bits per heavy atom. The molecule has 0 bridgehead atoms. The Morgan fingerprint density at radius 2 is 1.69 bits per heavy atom. The highest BCUT2D eigenvalue weighted by Gasteiger charge is 2.13. The van der Waals surface area contributed by atoms with Gasteiger partial charge in [-0.1, -0.05) is 41.7 Å². The first-order valence-corrected chi connectivity index (χ1v) is 9.21. The molecule has 0 radical (unpaired) electrons. The van der Waals surface area contributed by atoms with Crippen LogP contribution in [0.5, 0.6) is 0 Å². The lowest BCUT2D eigenvalue weighted by atomic mass is 10.3. The molecule has 3 rings (SSSR count). The largest absolute Gasteiger partial charge is 0.331 e. The number of rotatable bonds is 5. The van der Waals surface area contributed by atoms with Gasteiger partial charge in [-0.05, 0) is 40.2 Å². The highest BCUT2D eigenvalue weighted by atomic mass is 79.9. The number of benzene rings is 2. The molecule has 0 saturated heterocycles. The second-order valence-electron chi connectivity index (χ2n) is 5.11. The summed E-state index contributed by atoms with van der Waals surface area (Å²) >= 11 is 4.49. The van der Waals surface area contributed by atoms with Crippen LogP contribution in [-0.2, 0) is 6.54 Å². The summed E-state index contributed by atoms with van der Waals surface area (Å²) in [7, 11) is 0. The van der Waals surface area contributed by atoms with E-state index in [1.54, 1.807) is 18.2 Å². The van der Waals surface area contributed by atoms with E-state index in [-0.39, 0.29) is 23.5 Å². The number of halogens is 1. The van der Waals surface area contributed by atoms with Gasteiger partial charge < -0.3 is 16.0 Å². The van der Waals surface area contributed by atoms with Crippen LogP contribution in [0, 0.1) is 0 Å². The molecular weight excluding hydrogens is 418 g/mol. The van der Waals surface area contributed by atoms with E-state index in [9.17, 15) is 9.59 Å². The maximum absolute atomic E-state index is 12.1. The number of carbonyl (C=O) groups is 2. The number of amides is 3. The average Bonchev–Trinajstić information content (AvgIpc) is 3.12. The number of aromatic nitrogens is 2. The molecule has 0 unspecified atom stereocenters. The lowest BCUT2D eigenvalue weighted by Crippen LogP contribution is -2.28. The third kappa shape index (κ3) is 4.87. The number of anilines is 2. The Balaban J connectivity index is 1.53. The van der Waals surface area contributed by atoms with Crippen LogP contribution in [0.3, 0.4) is 0 Å². The molecule has 1 heterocycles. The van der Waals surface area contributed by atoms with Gasteiger partial charge in [0, 0.05) is 10.2 Å². The monoisotopic (exact) mass is 431 g/mol. The van der Waals surface area contributed by atoms with Crippen LogP contribution < -0.4 is 16.0 Å². The molecule has 0 aliphatic carbocycles. The van der Waals surface area contributed by atoms with Gasteiger partial charge in [-0.25, -0.2) is 4.79 Å². The van der Waals surface area contributed by atoms with Crippen molar-refractivity contribution in [1.29, 1.82) is 0 Å². The molecule has 0 aliphatic rings. The minimum Gasteiger partial charge on any atom is -0.331 e. The molecule has 9 heteroatoms. The van der Waals surface area contributed by atoms with E-state index in [2.05, 4.69) is 42.1 Å². The molecule has 0 atom stereocenters. The lowest BCUT2D eigenvalue weighted by Gasteiger charge is -2.07. The van der Waals surface area contributed by atoms with E-state index in [4.69, 9.17) is 0 Å². The molecule has 3 amide bonds. The van der Waals surface area contributed by atoms with Gasteiger partial charge in [0.2, 0.25) is 5.01 Å². The summed E-state index contributed by atoms with van der Waals surface area (Å²) in [5, 5.41) is 16.7. The van der Waals surface area contributed by atoms with E-state index >= 15 is 0 Å². The van der Waals surface area contributed by atoms with Crippen LogP contribution in [-0.4, -0.2) is 22.1 Å². The third-order valence-electron chi connectivity index (χ3n) is 3.21. The lowest BCUT2D eigenvalue weighted by molar-refractivity contribution is 0.102. The summed E-state index contributed by atoms with van der Waals surface area (Å²) in [6, 6.07) is 16.0. The Morgan fingerprint density at radius 1 is 0.962 bits per heavy atom. The molecule has 0 aliphatic heterocycles. The van der Waals surface area contributed by atoms with Crippen molar-refractivity contribution >= 4 is 50.6 Å². The minimum absolute atomic E-state index is 0.173. The van der Waals surface area contributed by atoms with Crippen molar-refractivity contribution in [1.82, 2.24) is 15.5 Å². The minimum atomic E-state index is -0.373. The van der Waals surface area contributed by atoms with Crippen LogP contribution in [0.25, 0.3) is 0 Å². The second kappa shape index (κ2) is 8.54. The molecule has 0 saturated carbocycles. The highest BCUT2D eigenvalue weighted by molar-refractivity contribution is 9.10. The molecule has 7 nitrogen and oxygen atoms in total. The zero-order chi connectivity index (χ0) is 18.4. The van der Waals surface area contributed by atoms with Gasteiger partial charge in [-0.3, -0.25) is 4.79 Å². The van der Waals surface area contributed by atoms with Crippen LogP contribution in [0.1, 0.15) is 14.8 Å². The van der Waals surface area contributed by atoms with Crippen LogP contribution in [0.2, 0.25) is 0 Å². The van der Waals surface area contributed by atoms with Gasteiger partial charge in [0.15, 0.2) is 0 Å². The number of nitrogens with zero attached hydrogens (tertiary/aromatic N) is 2. The van der Waals surface area contributed by atoms with E-state index in [0.717, 1.165) is 15.8 Å². The fourth-order valence-electron chi connectivity index (χ4n) is 2.01. The van der Waals surface area contributed by atoms with Gasteiger partial charge in [0.1, 0.15) is 5.01 Å². The van der Waals surface area contributed by atoms with Crippen molar-refractivity contribution in [3.8, 4) is 0 Å². The fourth-order valence-corrected chi connectivity index (χ4v) is 3.07. The average molecular weight is 432 g/mol. The summed E-state index contributed by atoms with van der Waals surface area (Å²) in [6.07, 6.45) is 0. The Labute approximate surface area is 162 Å². The maximum Gasteiger partial charge on any atom is 0.319 e. The van der Waals surface area contributed by atoms with Gasteiger partial charge in [0.25, 0.3) is 5.91 Å². The summed E-state index contributed by atoms with van der Waals surface area (Å²) < 4.78 is 0.783. The summed E-state index contributed by atoms with van der Waals surface area (Å²) in [5.41, 5.74) is 1.34. The molecule has 3 N–H and O–H groups in total. The first-order chi connectivity index (χ1) is 12.6. The number of urea groups is 1. The predicted molar refractivity (Wildman–Crippen MR) is 104 cm³/mol. The van der Waals surface area contributed by atoms with E-state index in [1.165, 1.54) is 0 Å². The molecule has 0 fully saturated rings. The number of carbonyl (C=O) groups excluding carboxylic acids is 2. The third-order valence-corrected chi connectivity index (χ3v) is 4.83. The van der Waals surface area contributed by atoms with Gasteiger partial charge >= 0.3 is 6.03 Å². The number of para-hydroxylation sites is 2. The number of nitrogens with one attached hydrogen (secondary N) is 3. The van der Waals surface area contributed by atoms with Crippen molar-refractivity contribution in [2.45, 2.75) is 6.54 Å². The SMILES string of the molecule is O=C(NCc1nnc(C(=O)Nc2ccccc2)s1)Nc1ccccc1Br. The predicted octanol–water partition coefficient (Wildman–Crippen LogP) is 3.87. The Hall–Kier alpha value is -2.78. The molecule has 26 heavy (non-hydrogen) atoms. The summed E-state index contributed by atoms with van der Waals surface area (Å²) in [4.78, 5) is 24.1. The zero-order valence-corrected chi connectivity index (χ0v) is 15.8. The topological polar surface area (TPSA) is 96.0 Å². The van der Waals surface area contributed by atoms with Crippen molar-refractivity contribution in [2.75, 3.05) is 10.6 Å². The molecule has 1 aromatic heterocycles. The molecular formula is C17H14BrN5O2S. The van der Waals surface area contributed by atoms with Crippen LogP contribution in [0.4, 0.5) is 16.2 Å². The van der Waals surface area contributed by atoms with Gasteiger partial charge in [0.05, 0.1) is 12.2 Å². The van der Waals surface area contributed by atoms with Crippen molar-refractivity contribution in [3.05, 3.63) is 69.1 Å². The first kappa shape index (κ1) is 18.0. The maximum atomic E-state index is 12.1. The van der Waals surface area contributed by atoms with E-state index < -0.39 is 0 Å². The number of hydrogen-bond acceptors (Lipinski definition) is 5. The van der Waals surface area contributed by atoms with Crippen molar-refractivity contribution < 1.29 is 9.59 Å².